The van der Waals surface area contributed by atoms with Gasteiger partial charge in [-0.05, 0) is 60.2 Å². The van der Waals surface area contributed by atoms with E-state index in [1.807, 2.05) is 33.8 Å². The molecule has 0 fully saturated rings. The molecule has 3 aromatic rings. The first-order chi connectivity index (χ1) is 19.8. The van der Waals surface area contributed by atoms with Crippen LogP contribution in [0.25, 0.3) is 22.3 Å². The highest BCUT2D eigenvalue weighted by atomic mass is 19.1. The van der Waals surface area contributed by atoms with Crippen LogP contribution in [0, 0.1) is 11.6 Å². The number of aryl methyl sites for hydroxylation is 1. The van der Waals surface area contributed by atoms with Crippen LogP contribution >= 0.6 is 0 Å². The first-order valence-electron chi connectivity index (χ1n) is 13.5. The van der Waals surface area contributed by atoms with Crippen LogP contribution in [0.15, 0.2) is 86.0 Å². The van der Waals surface area contributed by atoms with Crippen molar-refractivity contribution in [2.75, 3.05) is 20.8 Å². The third kappa shape index (κ3) is 13.1. The van der Waals surface area contributed by atoms with Gasteiger partial charge in [0, 0.05) is 23.3 Å². The summed E-state index contributed by atoms with van der Waals surface area (Å²) in [5.41, 5.74) is 2.84. The molecule has 0 aliphatic carbocycles. The highest BCUT2D eigenvalue weighted by Crippen LogP contribution is 2.30. The molecular formula is C34H42F2O5. The van der Waals surface area contributed by atoms with Crippen molar-refractivity contribution in [1.29, 1.82) is 0 Å². The third-order valence-electron chi connectivity index (χ3n) is 5.35. The number of carbonyl (C=O) groups is 2. The molecule has 0 aromatic heterocycles. The van der Waals surface area contributed by atoms with Gasteiger partial charge in [0.2, 0.25) is 0 Å². The Labute approximate surface area is 243 Å². The number of methoxy groups -OCH3 is 2. The van der Waals surface area contributed by atoms with Crippen LogP contribution in [0.2, 0.25) is 0 Å². The number of unbranched alkanes of at least 4 members (excludes halogenated alkanes) is 1. The number of carbonyl (C=O) groups excluding carboxylic acids is 2. The lowest BCUT2D eigenvalue weighted by atomic mass is 9.97. The summed E-state index contributed by atoms with van der Waals surface area (Å²) in [4.78, 5) is 20.8. The van der Waals surface area contributed by atoms with Crippen LogP contribution in [0.1, 0.15) is 46.1 Å². The van der Waals surface area contributed by atoms with Gasteiger partial charge in [0.1, 0.15) is 17.4 Å². The quantitative estimate of drug-likeness (QED) is 0.139. The van der Waals surface area contributed by atoms with Crippen molar-refractivity contribution in [2.45, 2.75) is 47.0 Å². The number of benzene rings is 3. The van der Waals surface area contributed by atoms with Crippen molar-refractivity contribution < 1.29 is 32.6 Å². The van der Waals surface area contributed by atoms with Crippen LogP contribution in [0.5, 0.6) is 5.75 Å². The highest BCUT2D eigenvalue weighted by Gasteiger charge is 2.11. The molecule has 0 radical (unpaired) electrons. The van der Waals surface area contributed by atoms with E-state index in [-0.39, 0.29) is 0 Å². The minimum atomic E-state index is -0.444. The molecule has 3 aromatic carbocycles. The molecule has 41 heavy (non-hydrogen) atoms. The van der Waals surface area contributed by atoms with Crippen LogP contribution in [0.3, 0.4) is 0 Å². The molecule has 0 N–H and O–H groups in total. The number of halogens is 2. The molecule has 0 heterocycles. The summed E-state index contributed by atoms with van der Waals surface area (Å²) >= 11 is 0. The second-order valence-electron chi connectivity index (χ2n) is 7.79. The van der Waals surface area contributed by atoms with E-state index in [2.05, 4.69) is 17.9 Å². The van der Waals surface area contributed by atoms with Gasteiger partial charge in [-0.1, -0.05) is 77.3 Å². The molecule has 3 rings (SSSR count). The van der Waals surface area contributed by atoms with Gasteiger partial charge in [-0.3, -0.25) is 0 Å². The van der Waals surface area contributed by atoms with E-state index in [1.54, 1.807) is 49.6 Å². The molecule has 0 spiro atoms. The van der Waals surface area contributed by atoms with Crippen molar-refractivity contribution in [3.63, 3.8) is 0 Å². The lowest BCUT2D eigenvalue weighted by Crippen LogP contribution is -2.02. The number of hydrogen-bond donors (Lipinski definition) is 0. The van der Waals surface area contributed by atoms with E-state index in [0.717, 1.165) is 29.7 Å². The molecule has 222 valence electrons. The second kappa shape index (κ2) is 21.5. The molecule has 0 aliphatic heterocycles. The van der Waals surface area contributed by atoms with Crippen LogP contribution in [-0.4, -0.2) is 32.8 Å². The molecule has 7 heteroatoms. The van der Waals surface area contributed by atoms with Gasteiger partial charge in [0.25, 0.3) is 0 Å². The van der Waals surface area contributed by atoms with Crippen molar-refractivity contribution in [1.82, 2.24) is 0 Å². The van der Waals surface area contributed by atoms with E-state index < -0.39 is 23.6 Å². The van der Waals surface area contributed by atoms with E-state index >= 15 is 0 Å². The lowest BCUT2D eigenvalue weighted by molar-refractivity contribution is -0.138. The first kappa shape index (κ1) is 36.7. The van der Waals surface area contributed by atoms with Gasteiger partial charge in [-0.15, -0.1) is 0 Å². The second-order valence-corrected chi connectivity index (χ2v) is 7.79. The SMILES string of the molecule is C=CC(=O)OC.C=CC(=O)OCCCCc1ccc(-c2ccc(-c3ccc(OC)cc3)c(F)c2)c(F)c1.CC.CC. The van der Waals surface area contributed by atoms with Gasteiger partial charge in [-0.25, -0.2) is 18.4 Å². The van der Waals surface area contributed by atoms with Crippen LogP contribution < -0.4 is 4.74 Å². The van der Waals surface area contributed by atoms with Crippen LogP contribution in [-0.2, 0) is 25.5 Å². The Morgan fingerprint density at radius 2 is 1.27 bits per heavy atom. The van der Waals surface area contributed by atoms with Gasteiger partial charge >= 0.3 is 11.9 Å². The first-order valence-corrected chi connectivity index (χ1v) is 13.5. The highest BCUT2D eigenvalue weighted by molar-refractivity contribution is 5.81. The predicted octanol–water partition coefficient (Wildman–Crippen LogP) is 8.76. The fraction of sp³-hybridized carbons (Fsp3) is 0.294. The molecule has 0 aliphatic rings. The topological polar surface area (TPSA) is 61.8 Å². The van der Waals surface area contributed by atoms with Gasteiger partial charge in [0.15, 0.2) is 0 Å². The molecule has 5 nitrogen and oxygen atoms in total. The molecule has 0 saturated heterocycles. The largest absolute Gasteiger partial charge is 0.497 e. The van der Waals surface area contributed by atoms with Crippen molar-refractivity contribution in [3.8, 4) is 28.0 Å². The standard InChI is InChI=1S/C26H24F2O3.C4H6O2.2C2H6/c1-3-26(29)31-15-5-4-6-18-7-13-23(24(27)16-18)20-10-14-22(25(28)17-20)19-8-11-21(30-2)12-9-19;1-3-4(5)6-2;2*1-2/h3,7-14,16-17H,1,4-6,15H2,2H3;3H,1H2,2H3;2*1-2H3. The third-order valence-corrected chi connectivity index (χ3v) is 5.35. The zero-order chi connectivity index (χ0) is 31.2. The van der Waals surface area contributed by atoms with E-state index in [1.165, 1.54) is 19.2 Å². The number of esters is 2. The van der Waals surface area contributed by atoms with Gasteiger partial charge in [-0.2, -0.15) is 0 Å². The summed E-state index contributed by atoms with van der Waals surface area (Å²) in [6, 6.07) is 16.8. The predicted molar refractivity (Wildman–Crippen MR) is 163 cm³/mol. The summed E-state index contributed by atoms with van der Waals surface area (Å²) in [5.74, 6) is -0.955. The summed E-state index contributed by atoms with van der Waals surface area (Å²) in [5, 5.41) is 0. The molecule has 0 atom stereocenters. The summed E-state index contributed by atoms with van der Waals surface area (Å²) < 4.78 is 43.6. The Bertz CT molecular complexity index is 1220. The monoisotopic (exact) mass is 568 g/mol. The Balaban J connectivity index is 0.00000140. The normalized spacial score (nSPS) is 9.27. The Morgan fingerprint density at radius 1 is 0.732 bits per heavy atom. The summed E-state index contributed by atoms with van der Waals surface area (Å²) in [6.45, 7) is 14.8. The Kier molecular flexibility index (Phi) is 19.3. The van der Waals surface area contributed by atoms with Gasteiger partial charge < -0.3 is 14.2 Å². The van der Waals surface area contributed by atoms with E-state index in [4.69, 9.17) is 9.47 Å². The van der Waals surface area contributed by atoms with E-state index in [0.29, 0.717) is 41.9 Å². The fourth-order valence-electron chi connectivity index (χ4n) is 3.38. The van der Waals surface area contributed by atoms with Crippen molar-refractivity contribution in [2.24, 2.45) is 0 Å². The zero-order valence-corrected chi connectivity index (χ0v) is 25.0. The number of ether oxygens (including phenoxy) is 3. The van der Waals surface area contributed by atoms with Crippen molar-refractivity contribution in [3.05, 3.63) is 103 Å². The smallest absolute Gasteiger partial charge is 0.330 e. The average Bonchev–Trinajstić information content (AvgIpc) is 3.02. The lowest BCUT2D eigenvalue weighted by Gasteiger charge is -2.10. The van der Waals surface area contributed by atoms with Crippen LogP contribution in [0.4, 0.5) is 8.78 Å². The maximum atomic E-state index is 14.7. The molecule has 0 unspecified atom stereocenters. The number of hydrogen-bond acceptors (Lipinski definition) is 5. The molecular weight excluding hydrogens is 526 g/mol. The summed E-state index contributed by atoms with van der Waals surface area (Å²) in [7, 11) is 2.88. The molecule has 0 amide bonds. The Hall–Kier alpha value is -4.26. The van der Waals surface area contributed by atoms with Gasteiger partial charge in [0.05, 0.1) is 20.8 Å². The fourth-order valence-corrected chi connectivity index (χ4v) is 3.38. The summed E-state index contributed by atoms with van der Waals surface area (Å²) in [6.07, 6.45) is 4.34. The maximum Gasteiger partial charge on any atom is 0.330 e. The Morgan fingerprint density at radius 3 is 1.76 bits per heavy atom. The van der Waals surface area contributed by atoms with E-state index in [9.17, 15) is 18.4 Å². The van der Waals surface area contributed by atoms with Crippen molar-refractivity contribution >= 4 is 11.9 Å². The minimum Gasteiger partial charge on any atom is -0.497 e. The molecule has 0 bridgehead atoms. The number of rotatable bonds is 10. The minimum absolute atomic E-state index is 0.311. The molecule has 0 saturated carbocycles. The maximum absolute atomic E-state index is 14.7. The zero-order valence-electron chi connectivity index (χ0n) is 25.0. The average molecular weight is 569 g/mol.